The second-order valence-corrected chi connectivity index (χ2v) is 5.63. The van der Waals surface area contributed by atoms with Gasteiger partial charge in [0.15, 0.2) is 5.11 Å². The Kier molecular flexibility index (Phi) is 5.68. The molecule has 6 heteroatoms. The topological polar surface area (TPSA) is 54.0 Å². The summed E-state index contributed by atoms with van der Waals surface area (Å²) in [6.45, 7) is 5.85. The van der Waals surface area contributed by atoms with Crippen molar-refractivity contribution in [3.05, 3.63) is 22.3 Å². The van der Waals surface area contributed by atoms with Crippen molar-refractivity contribution < 1.29 is 4.79 Å². The fourth-order valence-corrected chi connectivity index (χ4v) is 1.75. The number of aromatic nitrogens is 1. The molecule has 4 nitrogen and oxygen atoms in total. The van der Waals surface area contributed by atoms with E-state index in [-0.39, 0.29) is 11.0 Å². The number of anilines is 1. The van der Waals surface area contributed by atoms with Crippen LogP contribution in [0.1, 0.15) is 26.0 Å². The van der Waals surface area contributed by atoms with Crippen molar-refractivity contribution in [2.45, 2.75) is 27.2 Å². The number of nitrogens with one attached hydrogen (secondary N) is 2. The summed E-state index contributed by atoms with van der Waals surface area (Å²) in [6, 6.07) is 3.67. The van der Waals surface area contributed by atoms with E-state index in [0.29, 0.717) is 18.2 Å². The standard InChI is InChI=1S/C12H16BrN3OS/c1-7(2)6-11(17)16-12(18)15-10-5-4-9(13)8(3)14-10/h4-5,7H,6H2,1-3H3,(H2,14,15,16,17,18). The summed E-state index contributed by atoms with van der Waals surface area (Å²) in [7, 11) is 0. The zero-order chi connectivity index (χ0) is 13.7. The molecule has 1 amide bonds. The van der Waals surface area contributed by atoms with Crippen LogP contribution in [-0.4, -0.2) is 16.0 Å². The summed E-state index contributed by atoms with van der Waals surface area (Å²) in [5, 5.41) is 5.78. The molecule has 0 saturated carbocycles. The Morgan fingerprint density at radius 1 is 1.50 bits per heavy atom. The van der Waals surface area contributed by atoms with E-state index in [1.54, 1.807) is 6.07 Å². The van der Waals surface area contributed by atoms with E-state index in [1.165, 1.54) is 0 Å². The predicted octanol–water partition coefficient (Wildman–Crippen LogP) is 3.01. The molecule has 18 heavy (non-hydrogen) atoms. The van der Waals surface area contributed by atoms with Crippen LogP contribution in [0.2, 0.25) is 0 Å². The van der Waals surface area contributed by atoms with Gasteiger partial charge in [0.1, 0.15) is 5.82 Å². The van der Waals surface area contributed by atoms with Crippen LogP contribution in [0.3, 0.4) is 0 Å². The molecule has 0 fully saturated rings. The largest absolute Gasteiger partial charge is 0.317 e. The minimum Gasteiger partial charge on any atom is -0.317 e. The molecule has 2 N–H and O–H groups in total. The third kappa shape index (κ3) is 5.10. The fourth-order valence-electron chi connectivity index (χ4n) is 1.31. The Hall–Kier alpha value is -1.01. The Morgan fingerprint density at radius 3 is 2.72 bits per heavy atom. The number of halogens is 1. The second-order valence-electron chi connectivity index (χ2n) is 4.36. The number of hydrogen-bond acceptors (Lipinski definition) is 3. The number of nitrogens with zero attached hydrogens (tertiary/aromatic N) is 1. The van der Waals surface area contributed by atoms with Crippen molar-refractivity contribution in [2.75, 3.05) is 5.32 Å². The normalized spacial score (nSPS) is 10.3. The molecule has 1 aromatic heterocycles. The molecule has 1 heterocycles. The summed E-state index contributed by atoms with van der Waals surface area (Å²) in [5.74, 6) is 0.836. The molecule has 0 atom stereocenters. The Bertz CT molecular complexity index is 463. The highest BCUT2D eigenvalue weighted by atomic mass is 79.9. The van der Waals surface area contributed by atoms with Gasteiger partial charge in [-0.25, -0.2) is 4.98 Å². The van der Waals surface area contributed by atoms with E-state index in [0.717, 1.165) is 10.2 Å². The van der Waals surface area contributed by atoms with E-state index >= 15 is 0 Å². The zero-order valence-corrected chi connectivity index (χ0v) is 13.0. The maximum atomic E-state index is 11.5. The SMILES string of the molecule is Cc1nc(NC(=S)NC(=O)CC(C)C)ccc1Br. The van der Waals surface area contributed by atoms with Crippen LogP contribution in [-0.2, 0) is 4.79 Å². The summed E-state index contributed by atoms with van der Waals surface area (Å²) in [6.07, 6.45) is 0.453. The maximum Gasteiger partial charge on any atom is 0.226 e. The Balaban J connectivity index is 2.54. The molecule has 0 aliphatic rings. The molecule has 0 bridgehead atoms. The van der Waals surface area contributed by atoms with Gasteiger partial charge < -0.3 is 10.6 Å². The van der Waals surface area contributed by atoms with Crippen molar-refractivity contribution in [3.8, 4) is 0 Å². The smallest absolute Gasteiger partial charge is 0.226 e. The predicted molar refractivity (Wildman–Crippen MR) is 80.5 cm³/mol. The number of aryl methyl sites for hydroxylation is 1. The molecule has 0 spiro atoms. The lowest BCUT2D eigenvalue weighted by Crippen LogP contribution is -2.34. The van der Waals surface area contributed by atoms with Crippen LogP contribution in [0, 0.1) is 12.8 Å². The number of hydrogen-bond donors (Lipinski definition) is 2. The van der Waals surface area contributed by atoms with Crippen LogP contribution < -0.4 is 10.6 Å². The lowest BCUT2D eigenvalue weighted by Gasteiger charge is -2.10. The zero-order valence-electron chi connectivity index (χ0n) is 10.6. The third-order valence-corrected chi connectivity index (χ3v) is 3.15. The maximum absolute atomic E-state index is 11.5. The molecule has 0 unspecified atom stereocenters. The number of amides is 1. The van der Waals surface area contributed by atoms with E-state index in [9.17, 15) is 4.79 Å². The summed E-state index contributed by atoms with van der Waals surface area (Å²) in [4.78, 5) is 15.8. The lowest BCUT2D eigenvalue weighted by atomic mass is 10.1. The average Bonchev–Trinajstić information content (AvgIpc) is 2.21. The molecular formula is C12H16BrN3OS. The van der Waals surface area contributed by atoms with Gasteiger partial charge in [-0.2, -0.15) is 0 Å². The highest BCUT2D eigenvalue weighted by Gasteiger charge is 2.07. The summed E-state index contributed by atoms with van der Waals surface area (Å²) >= 11 is 8.42. The summed E-state index contributed by atoms with van der Waals surface area (Å²) in [5.41, 5.74) is 0.858. The van der Waals surface area contributed by atoms with Gasteiger partial charge in [0.05, 0.1) is 5.69 Å². The van der Waals surface area contributed by atoms with Crippen LogP contribution in [0.5, 0.6) is 0 Å². The Morgan fingerprint density at radius 2 is 2.17 bits per heavy atom. The first-order valence-corrected chi connectivity index (χ1v) is 6.82. The quantitative estimate of drug-likeness (QED) is 0.837. The molecule has 1 rings (SSSR count). The lowest BCUT2D eigenvalue weighted by molar-refractivity contribution is -0.120. The van der Waals surface area contributed by atoms with E-state index < -0.39 is 0 Å². The number of thiocarbonyl (C=S) groups is 1. The highest BCUT2D eigenvalue weighted by molar-refractivity contribution is 9.10. The van der Waals surface area contributed by atoms with Gasteiger partial charge in [0, 0.05) is 10.9 Å². The number of carbonyl (C=O) groups is 1. The van der Waals surface area contributed by atoms with Gasteiger partial charge in [-0.05, 0) is 53.1 Å². The highest BCUT2D eigenvalue weighted by Crippen LogP contribution is 2.15. The van der Waals surface area contributed by atoms with Crippen molar-refractivity contribution >= 4 is 45.0 Å². The molecule has 0 aliphatic heterocycles. The van der Waals surface area contributed by atoms with Crippen LogP contribution in [0.4, 0.5) is 5.82 Å². The second kappa shape index (κ2) is 6.80. The molecule has 0 aromatic carbocycles. The number of carbonyl (C=O) groups excluding carboxylic acids is 1. The van der Waals surface area contributed by atoms with Crippen molar-refractivity contribution in [1.82, 2.24) is 10.3 Å². The van der Waals surface area contributed by atoms with Crippen LogP contribution >= 0.6 is 28.1 Å². The van der Waals surface area contributed by atoms with Crippen molar-refractivity contribution in [2.24, 2.45) is 5.92 Å². The van der Waals surface area contributed by atoms with Crippen molar-refractivity contribution in [3.63, 3.8) is 0 Å². The third-order valence-electron chi connectivity index (χ3n) is 2.11. The van der Waals surface area contributed by atoms with Gasteiger partial charge in [0.25, 0.3) is 0 Å². The Labute approximate surface area is 121 Å². The van der Waals surface area contributed by atoms with Gasteiger partial charge in [-0.3, -0.25) is 4.79 Å². The van der Waals surface area contributed by atoms with Crippen LogP contribution in [0.25, 0.3) is 0 Å². The van der Waals surface area contributed by atoms with E-state index in [4.69, 9.17) is 12.2 Å². The monoisotopic (exact) mass is 329 g/mol. The minimum atomic E-state index is -0.0867. The molecule has 98 valence electrons. The van der Waals surface area contributed by atoms with Gasteiger partial charge in [-0.1, -0.05) is 13.8 Å². The number of pyridine rings is 1. The minimum absolute atomic E-state index is 0.0867. The van der Waals surface area contributed by atoms with E-state index in [2.05, 4.69) is 31.5 Å². The van der Waals surface area contributed by atoms with Crippen molar-refractivity contribution in [1.29, 1.82) is 0 Å². The first-order valence-electron chi connectivity index (χ1n) is 5.62. The van der Waals surface area contributed by atoms with Gasteiger partial charge >= 0.3 is 0 Å². The van der Waals surface area contributed by atoms with E-state index in [1.807, 2.05) is 26.8 Å². The van der Waals surface area contributed by atoms with Crippen LogP contribution in [0.15, 0.2) is 16.6 Å². The number of rotatable bonds is 3. The molecule has 0 aliphatic carbocycles. The average molecular weight is 330 g/mol. The molecule has 1 aromatic rings. The molecular weight excluding hydrogens is 314 g/mol. The molecule has 0 saturated heterocycles. The first kappa shape index (κ1) is 15.0. The first-order chi connectivity index (χ1) is 8.38. The summed E-state index contributed by atoms with van der Waals surface area (Å²) < 4.78 is 0.933. The fraction of sp³-hybridized carbons (Fsp3) is 0.417. The van der Waals surface area contributed by atoms with Gasteiger partial charge in [0.2, 0.25) is 5.91 Å². The van der Waals surface area contributed by atoms with Gasteiger partial charge in [-0.15, -0.1) is 0 Å². The molecule has 0 radical (unpaired) electrons.